The van der Waals surface area contributed by atoms with Crippen molar-refractivity contribution in [3.63, 3.8) is 0 Å². The van der Waals surface area contributed by atoms with Crippen molar-refractivity contribution in [2.24, 2.45) is 0 Å². The molecule has 1 aromatic heterocycles. The Balaban J connectivity index is 1.95. The number of anilines is 1. The van der Waals surface area contributed by atoms with Crippen molar-refractivity contribution in [1.29, 1.82) is 0 Å². The SMILES string of the molecule is COc1ccc(C(=O)c2ncc(Cl)cc2NS(=O)(=O)c2ccc(C(C)(C)C)cc2)cc1. The Hall–Kier alpha value is -2.90. The van der Waals surface area contributed by atoms with Crippen molar-refractivity contribution >= 4 is 33.1 Å². The molecule has 3 rings (SSSR count). The van der Waals surface area contributed by atoms with Crippen LogP contribution in [0.25, 0.3) is 0 Å². The predicted octanol–water partition coefficient (Wildman–Crippen LogP) is 5.07. The number of halogens is 1. The number of carbonyl (C=O) groups excluding carboxylic acids is 1. The smallest absolute Gasteiger partial charge is 0.261 e. The molecule has 0 aliphatic carbocycles. The third-order valence-corrected chi connectivity index (χ3v) is 6.28. The zero-order valence-corrected chi connectivity index (χ0v) is 19.2. The number of sulfonamides is 1. The van der Waals surface area contributed by atoms with Gasteiger partial charge in [-0.1, -0.05) is 44.5 Å². The highest BCUT2D eigenvalue weighted by atomic mass is 35.5. The number of nitrogens with zero attached hydrogens (tertiary/aromatic N) is 1. The molecule has 0 spiro atoms. The number of carbonyl (C=O) groups is 1. The summed E-state index contributed by atoms with van der Waals surface area (Å²) < 4.78 is 33.5. The Labute approximate surface area is 187 Å². The summed E-state index contributed by atoms with van der Waals surface area (Å²) in [5.74, 6) is 0.153. The van der Waals surface area contributed by atoms with Crippen LogP contribution in [-0.2, 0) is 15.4 Å². The maximum atomic E-state index is 13.0. The molecule has 1 N–H and O–H groups in total. The quantitative estimate of drug-likeness (QED) is 0.521. The molecule has 0 radical (unpaired) electrons. The minimum Gasteiger partial charge on any atom is -0.497 e. The first-order valence-electron chi connectivity index (χ1n) is 9.49. The fourth-order valence-corrected chi connectivity index (χ4v) is 4.13. The van der Waals surface area contributed by atoms with E-state index in [1.54, 1.807) is 36.4 Å². The van der Waals surface area contributed by atoms with Gasteiger partial charge in [0.2, 0.25) is 5.78 Å². The van der Waals surface area contributed by atoms with Crippen molar-refractivity contribution in [2.75, 3.05) is 11.8 Å². The van der Waals surface area contributed by atoms with Crippen LogP contribution in [0.1, 0.15) is 42.4 Å². The second-order valence-corrected chi connectivity index (χ2v) is 10.1. The van der Waals surface area contributed by atoms with Gasteiger partial charge in [0.15, 0.2) is 0 Å². The number of benzene rings is 2. The lowest BCUT2D eigenvalue weighted by molar-refractivity contribution is 0.103. The van der Waals surface area contributed by atoms with Gasteiger partial charge in [-0.3, -0.25) is 9.52 Å². The molecular formula is C23H23ClN2O4S. The van der Waals surface area contributed by atoms with Gasteiger partial charge in [-0.2, -0.15) is 0 Å². The number of aromatic nitrogens is 1. The molecule has 31 heavy (non-hydrogen) atoms. The summed E-state index contributed by atoms with van der Waals surface area (Å²) in [5.41, 5.74) is 1.19. The van der Waals surface area contributed by atoms with Gasteiger partial charge in [-0.15, -0.1) is 0 Å². The number of methoxy groups -OCH3 is 1. The van der Waals surface area contributed by atoms with Crippen molar-refractivity contribution < 1.29 is 17.9 Å². The Kier molecular flexibility index (Phi) is 6.38. The van der Waals surface area contributed by atoms with Gasteiger partial charge in [0.25, 0.3) is 10.0 Å². The number of nitrogens with one attached hydrogen (secondary N) is 1. The molecule has 0 saturated heterocycles. The summed E-state index contributed by atoms with van der Waals surface area (Å²) >= 11 is 6.03. The Morgan fingerprint density at radius 3 is 2.19 bits per heavy atom. The van der Waals surface area contributed by atoms with E-state index in [1.165, 1.54) is 31.5 Å². The maximum absolute atomic E-state index is 13.0. The van der Waals surface area contributed by atoms with Gasteiger partial charge in [0, 0.05) is 11.8 Å². The van der Waals surface area contributed by atoms with Crippen LogP contribution in [0.5, 0.6) is 5.75 Å². The molecular weight excluding hydrogens is 436 g/mol. The Bertz CT molecular complexity index is 1200. The lowest BCUT2D eigenvalue weighted by Crippen LogP contribution is -2.17. The fraction of sp³-hybridized carbons (Fsp3) is 0.217. The first kappa shape index (κ1) is 22.8. The first-order valence-corrected chi connectivity index (χ1v) is 11.3. The molecule has 0 atom stereocenters. The van der Waals surface area contributed by atoms with Crippen molar-refractivity contribution in [1.82, 2.24) is 4.98 Å². The number of pyridine rings is 1. The van der Waals surface area contributed by atoms with Crippen LogP contribution in [0.2, 0.25) is 5.02 Å². The van der Waals surface area contributed by atoms with Crippen LogP contribution in [0.3, 0.4) is 0 Å². The molecule has 0 bridgehead atoms. The number of hydrogen-bond acceptors (Lipinski definition) is 5. The monoisotopic (exact) mass is 458 g/mol. The minimum absolute atomic E-state index is 0.00761. The Morgan fingerprint density at radius 2 is 1.65 bits per heavy atom. The highest BCUT2D eigenvalue weighted by molar-refractivity contribution is 7.92. The topological polar surface area (TPSA) is 85.4 Å². The molecule has 0 unspecified atom stereocenters. The van der Waals surface area contributed by atoms with E-state index < -0.39 is 15.8 Å². The van der Waals surface area contributed by atoms with Gasteiger partial charge < -0.3 is 4.74 Å². The van der Waals surface area contributed by atoms with E-state index in [1.807, 2.05) is 20.8 Å². The third-order valence-electron chi connectivity index (χ3n) is 4.70. The highest BCUT2D eigenvalue weighted by Gasteiger charge is 2.22. The third kappa shape index (κ3) is 5.24. The highest BCUT2D eigenvalue weighted by Crippen LogP contribution is 2.27. The average molecular weight is 459 g/mol. The standard InChI is InChI=1S/C23H23ClN2O4S/c1-23(2,3)16-7-11-19(12-8-16)31(28,29)26-20-13-17(24)14-25-21(20)22(27)15-5-9-18(30-4)10-6-15/h5-14,26H,1-4H3. The van der Waals surface area contributed by atoms with E-state index in [2.05, 4.69) is 9.71 Å². The van der Waals surface area contributed by atoms with Crippen LogP contribution in [0, 0.1) is 0 Å². The molecule has 0 aliphatic heterocycles. The van der Waals surface area contributed by atoms with Crippen molar-refractivity contribution in [3.8, 4) is 5.75 Å². The van der Waals surface area contributed by atoms with E-state index in [-0.39, 0.29) is 26.7 Å². The number of hydrogen-bond donors (Lipinski definition) is 1. The average Bonchev–Trinajstić information content (AvgIpc) is 2.73. The lowest BCUT2D eigenvalue weighted by Gasteiger charge is -2.19. The van der Waals surface area contributed by atoms with Crippen LogP contribution in [0.15, 0.2) is 65.7 Å². The van der Waals surface area contributed by atoms with Crippen molar-refractivity contribution in [2.45, 2.75) is 31.1 Å². The molecule has 0 amide bonds. The van der Waals surface area contributed by atoms with Gasteiger partial charge in [0.05, 0.1) is 22.7 Å². The molecule has 162 valence electrons. The second kappa shape index (κ2) is 8.69. The molecule has 6 nitrogen and oxygen atoms in total. The normalized spacial score (nSPS) is 11.8. The zero-order valence-electron chi connectivity index (χ0n) is 17.6. The summed E-state index contributed by atoms with van der Waals surface area (Å²) in [6.45, 7) is 6.14. The summed E-state index contributed by atoms with van der Waals surface area (Å²) in [6, 6.07) is 14.4. The summed E-state index contributed by atoms with van der Waals surface area (Å²) in [7, 11) is -2.44. The second-order valence-electron chi connectivity index (χ2n) is 7.99. The van der Waals surface area contributed by atoms with Gasteiger partial charge >= 0.3 is 0 Å². The van der Waals surface area contributed by atoms with Gasteiger partial charge in [-0.05, 0) is 53.4 Å². The number of ketones is 1. The number of rotatable bonds is 6. The van der Waals surface area contributed by atoms with E-state index >= 15 is 0 Å². The summed E-state index contributed by atoms with van der Waals surface area (Å²) in [5, 5.41) is 0.201. The molecule has 3 aromatic rings. The lowest BCUT2D eigenvalue weighted by atomic mass is 9.87. The van der Waals surface area contributed by atoms with E-state index in [4.69, 9.17) is 16.3 Å². The van der Waals surface area contributed by atoms with Crippen LogP contribution >= 0.6 is 11.6 Å². The zero-order chi connectivity index (χ0) is 22.8. The molecule has 0 saturated carbocycles. The molecule has 8 heteroatoms. The molecule has 0 fully saturated rings. The molecule has 0 aliphatic rings. The van der Waals surface area contributed by atoms with Crippen LogP contribution < -0.4 is 9.46 Å². The fourth-order valence-electron chi connectivity index (χ4n) is 2.91. The molecule has 2 aromatic carbocycles. The number of ether oxygens (including phenoxy) is 1. The predicted molar refractivity (Wildman–Crippen MR) is 122 cm³/mol. The van der Waals surface area contributed by atoms with Gasteiger partial charge in [-0.25, -0.2) is 13.4 Å². The van der Waals surface area contributed by atoms with E-state index in [0.29, 0.717) is 11.3 Å². The van der Waals surface area contributed by atoms with E-state index in [9.17, 15) is 13.2 Å². The summed E-state index contributed by atoms with van der Waals surface area (Å²) in [4.78, 5) is 17.1. The Morgan fingerprint density at radius 1 is 1.03 bits per heavy atom. The van der Waals surface area contributed by atoms with Crippen LogP contribution in [-0.4, -0.2) is 26.3 Å². The molecule has 1 heterocycles. The van der Waals surface area contributed by atoms with Gasteiger partial charge in [0.1, 0.15) is 11.4 Å². The maximum Gasteiger partial charge on any atom is 0.261 e. The first-order chi connectivity index (χ1) is 14.5. The minimum atomic E-state index is -3.96. The summed E-state index contributed by atoms with van der Waals surface area (Å²) in [6.07, 6.45) is 1.30. The van der Waals surface area contributed by atoms with Crippen LogP contribution in [0.4, 0.5) is 5.69 Å². The van der Waals surface area contributed by atoms with E-state index in [0.717, 1.165) is 5.56 Å². The largest absolute Gasteiger partial charge is 0.497 e. The van der Waals surface area contributed by atoms with Crippen molar-refractivity contribution in [3.05, 3.63) is 82.6 Å².